The highest BCUT2D eigenvalue weighted by atomic mass is 16.6. The van der Waals surface area contributed by atoms with Crippen molar-refractivity contribution in [1.29, 1.82) is 0 Å². The van der Waals surface area contributed by atoms with Gasteiger partial charge in [0.1, 0.15) is 0 Å². The number of nitrogens with one attached hydrogen (secondary N) is 1. The van der Waals surface area contributed by atoms with Crippen molar-refractivity contribution < 1.29 is 4.92 Å². The minimum absolute atomic E-state index is 0.0501. The van der Waals surface area contributed by atoms with E-state index in [4.69, 9.17) is 5.73 Å². The van der Waals surface area contributed by atoms with E-state index in [1.807, 2.05) is 36.4 Å². The van der Waals surface area contributed by atoms with Gasteiger partial charge in [-0.3, -0.25) is 15.2 Å². The van der Waals surface area contributed by atoms with Crippen LogP contribution in [0.25, 0.3) is 33.4 Å². The van der Waals surface area contributed by atoms with Gasteiger partial charge in [-0.2, -0.15) is 5.10 Å². The molecule has 0 spiro atoms. The Morgan fingerprint density at radius 1 is 1.04 bits per heavy atom. The van der Waals surface area contributed by atoms with E-state index < -0.39 is 4.92 Å². The molecule has 4 rings (SSSR count). The van der Waals surface area contributed by atoms with Gasteiger partial charge in [0, 0.05) is 34.5 Å². The van der Waals surface area contributed by atoms with Crippen LogP contribution in [0.5, 0.6) is 0 Å². The summed E-state index contributed by atoms with van der Waals surface area (Å²) in [6.45, 7) is 0. The number of benzene rings is 2. The Kier molecular flexibility index (Phi) is 3.39. The lowest BCUT2D eigenvalue weighted by Crippen LogP contribution is -1.97. The van der Waals surface area contributed by atoms with E-state index in [9.17, 15) is 10.1 Å². The van der Waals surface area contributed by atoms with Crippen LogP contribution < -0.4 is 5.73 Å². The molecule has 0 atom stereocenters. The number of nitrogen functional groups attached to an aromatic ring is 1. The summed E-state index contributed by atoms with van der Waals surface area (Å²) in [6, 6.07) is 16.2. The van der Waals surface area contributed by atoms with E-state index in [-0.39, 0.29) is 5.69 Å². The SMILES string of the molecule is Nc1cccc([N+](=O)[O-])c1-c1cnc2n[nH]c(-c3ccccc3)c2c1. The van der Waals surface area contributed by atoms with Gasteiger partial charge in [-0.25, -0.2) is 4.98 Å². The lowest BCUT2D eigenvalue weighted by atomic mass is 10.0. The second-order valence-electron chi connectivity index (χ2n) is 5.56. The fourth-order valence-corrected chi connectivity index (χ4v) is 2.89. The van der Waals surface area contributed by atoms with Crippen molar-refractivity contribution in [3.63, 3.8) is 0 Å². The Labute approximate surface area is 142 Å². The van der Waals surface area contributed by atoms with Crippen LogP contribution in [0.1, 0.15) is 0 Å². The first kappa shape index (κ1) is 14.8. The van der Waals surface area contributed by atoms with Crippen LogP contribution in [-0.2, 0) is 0 Å². The van der Waals surface area contributed by atoms with Gasteiger partial charge in [-0.15, -0.1) is 0 Å². The number of aromatic nitrogens is 3. The minimum Gasteiger partial charge on any atom is -0.398 e. The smallest absolute Gasteiger partial charge is 0.279 e. The standard InChI is InChI=1S/C18H13N5O2/c19-14-7-4-8-15(23(24)25)16(14)12-9-13-17(11-5-2-1-3-6-11)21-22-18(13)20-10-12/h1-10H,19H2,(H,20,21,22). The van der Waals surface area contributed by atoms with E-state index in [0.29, 0.717) is 22.5 Å². The fraction of sp³-hybridized carbons (Fsp3) is 0. The van der Waals surface area contributed by atoms with E-state index in [1.165, 1.54) is 6.07 Å². The number of anilines is 1. The van der Waals surface area contributed by atoms with Gasteiger partial charge in [-0.1, -0.05) is 36.4 Å². The number of hydrogen-bond acceptors (Lipinski definition) is 5. The molecule has 2 heterocycles. The van der Waals surface area contributed by atoms with Gasteiger partial charge in [0.25, 0.3) is 5.69 Å². The zero-order valence-electron chi connectivity index (χ0n) is 13.0. The van der Waals surface area contributed by atoms with E-state index in [2.05, 4.69) is 15.2 Å². The van der Waals surface area contributed by atoms with Gasteiger partial charge < -0.3 is 5.73 Å². The Morgan fingerprint density at radius 2 is 1.84 bits per heavy atom. The van der Waals surface area contributed by atoms with Crippen LogP contribution in [0.15, 0.2) is 60.8 Å². The first-order valence-electron chi connectivity index (χ1n) is 7.58. The predicted molar refractivity (Wildman–Crippen MR) is 95.8 cm³/mol. The third-order valence-electron chi connectivity index (χ3n) is 4.03. The van der Waals surface area contributed by atoms with Crippen LogP contribution in [0.4, 0.5) is 11.4 Å². The molecule has 0 aliphatic heterocycles. The second kappa shape index (κ2) is 5.72. The molecular formula is C18H13N5O2. The molecule has 0 aliphatic carbocycles. The third kappa shape index (κ3) is 2.47. The number of nitro groups is 1. The maximum Gasteiger partial charge on any atom is 0.279 e. The highest BCUT2D eigenvalue weighted by molar-refractivity contribution is 5.95. The molecular weight excluding hydrogens is 318 g/mol. The number of nitrogens with zero attached hydrogens (tertiary/aromatic N) is 3. The summed E-state index contributed by atoms with van der Waals surface area (Å²) in [5, 5.41) is 19.3. The topological polar surface area (TPSA) is 111 Å². The molecule has 0 unspecified atom stereocenters. The number of rotatable bonds is 3. The van der Waals surface area contributed by atoms with Crippen molar-refractivity contribution in [2.24, 2.45) is 0 Å². The number of nitro benzene ring substituents is 1. The summed E-state index contributed by atoms with van der Waals surface area (Å²) in [5.41, 5.74) is 9.54. The number of pyridine rings is 1. The summed E-state index contributed by atoms with van der Waals surface area (Å²) >= 11 is 0. The van der Waals surface area contributed by atoms with Crippen molar-refractivity contribution in [2.75, 3.05) is 5.73 Å². The molecule has 4 aromatic rings. The molecule has 0 saturated carbocycles. The average Bonchev–Trinajstić information content (AvgIpc) is 3.05. The van der Waals surface area contributed by atoms with Gasteiger partial charge in [0.2, 0.25) is 0 Å². The molecule has 0 radical (unpaired) electrons. The molecule has 2 aromatic heterocycles. The quantitative estimate of drug-likeness (QED) is 0.337. The molecule has 3 N–H and O–H groups in total. The molecule has 25 heavy (non-hydrogen) atoms. The van der Waals surface area contributed by atoms with Gasteiger partial charge in [-0.05, 0) is 12.1 Å². The van der Waals surface area contributed by atoms with Crippen LogP contribution in [0.2, 0.25) is 0 Å². The molecule has 0 saturated heterocycles. The molecule has 0 amide bonds. The Hall–Kier alpha value is -3.74. The lowest BCUT2D eigenvalue weighted by molar-refractivity contribution is -0.384. The zero-order chi connectivity index (χ0) is 17.4. The third-order valence-corrected chi connectivity index (χ3v) is 4.03. The number of H-pyrrole nitrogens is 1. The maximum atomic E-state index is 11.4. The van der Waals surface area contributed by atoms with Crippen molar-refractivity contribution in [3.05, 3.63) is 70.9 Å². The Bertz CT molecular complexity index is 1090. The summed E-state index contributed by atoms with van der Waals surface area (Å²) in [4.78, 5) is 15.2. The summed E-state index contributed by atoms with van der Waals surface area (Å²) in [6.07, 6.45) is 1.55. The molecule has 7 heteroatoms. The Morgan fingerprint density at radius 3 is 2.60 bits per heavy atom. The second-order valence-corrected chi connectivity index (χ2v) is 5.56. The summed E-state index contributed by atoms with van der Waals surface area (Å²) in [7, 11) is 0. The van der Waals surface area contributed by atoms with Crippen molar-refractivity contribution in [3.8, 4) is 22.4 Å². The van der Waals surface area contributed by atoms with Crippen LogP contribution in [0, 0.1) is 10.1 Å². The number of hydrogen-bond donors (Lipinski definition) is 2. The molecule has 0 bridgehead atoms. The van der Waals surface area contributed by atoms with Gasteiger partial charge in [0.15, 0.2) is 5.65 Å². The highest BCUT2D eigenvalue weighted by Gasteiger charge is 2.19. The first-order chi connectivity index (χ1) is 12.1. The largest absolute Gasteiger partial charge is 0.398 e. The van der Waals surface area contributed by atoms with Crippen LogP contribution >= 0.6 is 0 Å². The van der Waals surface area contributed by atoms with Crippen molar-refractivity contribution in [2.45, 2.75) is 0 Å². The van der Waals surface area contributed by atoms with Gasteiger partial charge >= 0.3 is 0 Å². The van der Waals surface area contributed by atoms with E-state index in [0.717, 1.165) is 16.6 Å². The van der Waals surface area contributed by atoms with Gasteiger partial charge in [0.05, 0.1) is 16.2 Å². The summed E-state index contributed by atoms with van der Waals surface area (Å²) in [5.74, 6) is 0. The summed E-state index contributed by atoms with van der Waals surface area (Å²) < 4.78 is 0. The predicted octanol–water partition coefficient (Wildman–Crippen LogP) is 3.78. The van der Waals surface area contributed by atoms with E-state index >= 15 is 0 Å². The fourth-order valence-electron chi connectivity index (χ4n) is 2.89. The number of aromatic amines is 1. The zero-order valence-corrected chi connectivity index (χ0v) is 13.0. The number of nitrogens with two attached hydrogens (primary N) is 1. The normalized spacial score (nSPS) is 10.9. The maximum absolute atomic E-state index is 11.4. The van der Waals surface area contributed by atoms with Crippen LogP contribution in [-0.4, -0.2) is 20.1 Å². The molecule has 2 aromatic carbocycles. The van der Waals surface area contributed by atoms with Crippen molar-refractivity contribution in [1.82, 2.24) is 15.2 Å². The van der Waals surface area contributed by atoms with Crippen LogP contribution in [0.3, 0.4) is 0 Å². The van der Waals surface area contributed by atoms with E-state index in [1.54, 1.807) is 18.3 Å². The lowest BCUT2D eigenvalue weighted by Gasteiger charge is -2.07. The minimum atomic E-state index is -0.441. The first-order valence-corrected chi connectivity index (χ1v) is 7.58. The van der Waals surface area contributed by atoms with Crippen molar-refractivity contribution >= 4 is 22.4 Å². The Balaban J connectivity index is 1.96. The average molecular weight is 331 g/mol. The molecule has 7 nitrogen and oxygen atoms in total. The molecule has 122 valence electrons. The molecule has 0 fully saturated rings. The monoisotopic (exact) mass is 331 g/mol. The molecule has 0 aliphatic rings. The highest BCUT2D eigenvalue weighted by Crippen LogP contribution is 2.36. The number of fused-ring (bicyclic) bond motifs is 1.